The Balaban J connectivity index is 0.691. The summed E-state index contributed by atoms with van der Waals surface area (Å²) < 4.78 is 31.2. The number of rotatable bonds is 22. The largest absolute Gasteiger partial charge is 0.370 e. The fraction of sp³-hybridized carbons (Fsp3) is 0.583. The predicted octanol–water partition coefficient (Wildman–Crippen LogP) is 10.0. The van der Waals surface area contributed by atoms with E-state index in [1.54, 1.807) is 27.5 Å². The lowest BCUT2D eigenvalue weighted by Gasteiger charge is -2.48. The zero-order valence-electron chi connectivity index (χ0n) is 47.0. The van der Waals surface area contributed by atoms with Gasteiger partial charge in [0.25, 0.3) is 0 Å². The lowest BCUT2D eigenvalue weighted by molar-refractivity contribution is -0.143. The molecule has 1 spiro atoms. The zero-order valence-corrected chi connectivity index (χ0v) is 47.8. The van der Waals surface area contributed by atoms with E-state index in [1.165, 1.54) is 12.1 Å². The van der Waals surface area contributed by atoms with Crippen molar-refractivity contribution in [2.24, 2.45) is 10.8 Å². The van der Waals surface area contributed by atoms with Crippen molar-refractivity contribution in [3.8, 4) is 10.4 Å². The van der Waals surface area contributed by atoms with Gasteiger partial charge in [-0.2, -0.15) is 0 Å². The number of likely N-dealkylation sites (tertiary alicyclic amines) is 2. The maximum atomic E-state index is 15.7. The van der Waals surface area contributed by atoms with E-state index >= 15 is 8.78 Å². The van der Waals surface area contributed by atoms with Crippen LogP contribution < -0.4 is 31.1 Å². The molecule has 422 valence electrons. The minimum absolute atomic E-state index is 0.0201. The Morgan fingerprint density at radius 3 is 2.23 bits per heavy atom. The molecule has 15 nitrogen and oxygen atoms in total. The van der Waals surface area contributed by atoms with Crippen LogP contribution in [-0.4, -0.2) is 118 Å². The van der Waals surface area contributed by atoms with Crippen molar-refractivity contribution in [3.05, 3.63) is 89.3 Å². The Morgan fingerprint density at radius 1 is 0.859 bits per heavy atom. The number of nitrogens with one attached hydrogen (secondary N) is 4. The van der Waals surface area contributed by atoms with Gasteiger partial charge in [0.05, 0.1) is 33.9 Å². The highest BCUT2D eigenvalue weighted by Crippen LogP contribution is 2.35. The summed E-state index contributed by atoms with van der Waals surface area (Å²) in [6.07, 6.45) is 14.6. The molecule has 6 heterocycles. The average molecular weight is 1090 g/mol. The minimum Gasteiger partial charge on any atom is -0.370 e. The first-order valence-corrected chi connectivity index (χ1v) is 29.3. The number of thiazole rings is 1. The maximum Gasteiger partial charge on any atom is 0.247 e. The molecule has 4 saturated heterocycles. The molecular formula is C60H83F2N11O4S. The predicted molar refractivity (Wildman–Crippen MR) is 307 cm³/mol. The Kier molecular flexibility index (Phi) is 19.3. The summed E-state index contributed by atoms with van der Waals surface area (Å²) in [5.74, 6) is -0.207. The summed E-state index contributed by atoms with van der Waals surface area (Å²) in [4.78, 5) is 76.2. The van der Waals surface area contributed by atoms with Gasteiger partial charge in [-0.1, -0.05) is 104 Å². The van der Waals surface area contributed by atoms with Crippen molar-refractivity contribution < 1.29 is 28.0 Å². The Labute approximate surface area is 464 Å². The van der Waals surface area contributed by atoms with E-state index < -0.39 is 34.7 Å². The summed E-state index contributed by atoms with van der Waals surface area (Å²) >= 11 is 1.58. The van der Waals surface area contributed by atoms with E-state index in [1.807, 2.05) is 63.5 Å². The standard InChI is InChI=1S/C60H83F2N11O4S/c1-41(43-19-21-44(22-20-43)54-42(2)66-40-78-54)67-56(76)48-17-16-28-73(48)57(77)55(58(3,4)5)68-52(74)18-14-12-10-8-9-11-13-15-27-63-50-35-51(65-39-64-50)71-31-25-60(26-32-71)38-72(37-53(75)69-60)49-34-46(61)45(33-47(49)62)36-70-29-23-59(6,7)24-30-70/h19-22,33-35,39-40,48,55H,1,8-18,23-32,36-38H2,2-7H3,(H,67,76)(H,68,74)(H,69,75)(H,63,64,65)/t48-,55+/m0/s1. The molecule has 2 aromatic heterocycles. The van der Waals surface area contributed by atoms with Crippen molar-refractivity contribution in [2.75, 3.05) is 67.5 Å². The van der Waals surface area contributed by atoms with Crippen LogP contribution in [0.5, 0.6) is 0 Å². The summed E-state index contributed by atoms with van der Waals surface area (Å²) in [5, 5.41) is 12.7. The SMILES string of the molecule is C=C(NC(=O)[C@@H]1CCCN1C(=O)[C@@H](NC(=O)CCCCCCCCCCNc1cc(N2CCC3(CC2)CN(c2cc(F)c(CN4CCC(C)(C)CC4)cc2F)CC(=O)N3)ncn1)C(C)(C)C)c1ccc(-c2scnc2C)cc1. The molecule has 8 rings (SSSR count). The molecular weight excluding hydrogens is 1010 g/mol. The van der Waals surface area contributed by atoms with Gasteiger partial charge in [-0.15, -0.1) is 11.3 Å². The van der Waals surface area contributed by atoms with E-state index in [0.29, 0.717) is 76.1 Å². The molecule has 4 aliphatic rings. The van der Waals surface area contributed by atoms with Crippen LogP contribution in [0.3, 0.4) is 0 Å². The fourth-order valence-corrected chi connectivity index (χ4v) is 12.3. The molecule has 0 saturated carbocycles. The van der Waals surface area contributed by atoms with Gasteiger partial charge in [0.2, 0.25) is 23.6 Å². The number of benzene rings is 2. The second-order valence-corrected chi connectivity index (χ2v) is 25.0. The third-order valence-electron chi connectivity index (χ3n) is 16.4. The second kappa shape index (κ2) is 25.8. The molecule has 0 radical (unpaired) electrons. The van der Waals surface area contributed by atoms with E-state index in [-0.39, 0.29) is 41.3 Å². The Morgan fingerprint density at radius 2 is 1.55 bits per heavy atom. The summed E-state index contributed by atoms with van der Waals surface area (Å²) in [7, 11) is 0. The molecule has 18 heteroatoms. The van der Waals surface area contributed by atoms with Crippen LogP contribution in [-0.2, 0) is 25.7 Å². The lowest BCUT2D eigenvalue weighted by atomic mass is 9.82. The van der Waals surface area contributed by atoms with E-state index in [0.717, 1.165) is 117 Å². The highest BCUT2D eigenvalue weighted by atomic mass is 32.1. The third kappa shape index (κ3) is 15.2. The molecule has 4 N–H and O–H groups in total. The van der Waals surface area contributed by atoms with Gasteiger partial charge in [0, 0.05) is 69.1 Å². The van der Waals surface area contributed by atoms with Gasteiger partial charge in [-0.3, -0.25) is 24.1 Å². The molecule has 4 aromatic rings. The third-order valence-corrected chi connectivity index (χ3v) is 17.4. The number of piperidine rings is 2. The van der Waals surface area contributed by atoms with E-state index in [4.69, 9.17) is 0 Å². The maximum absolute atomic E-state index is 15.7. The number of hydrogen-bond donors (Lipinski definition) is 4. The molecule has 2 atom stereocenters. The Hall–Kier alpha value is -6.01. The van der Waals surface area contributed by atoms with E-state index in [2.05, 4.69) is 66.4 Å². The smallest absolute Gasteiger partial charge is 0.247 e. The van der Waals surface area contributed by atoms with Crippen LogP contribution in [0.4, 0.5) is 26.1 Å². The van der Waals surface area contributed by atoms with Crippen molar-refractivity contribution in [2.45, 2.75) is 162 Å². The topological polar surface area (TPSA) is 168 Å². The summed E-state index contributed by atoms with van der Waals surface area (Å²) in [6, 6.07) is 11.0. The molecule has 78 heavy (non-hydrogen) atoms. The number of anilines is 3. The number of unbranched alkanes of at least 4 members (excludes halogenated alkanes) is 7. The first kappa shape index (κ1) is 58.1. The van der Waals surface area contributed by atoms with Crippen LogP contribution in [0.25, 0.3) is 16.1 Å². The van der Waals surface area contributed by atoms with Gasteiger partial charge in [0.15, 0.2) is 0 Å². The number of carbonyl (C=O) groups excluding carboxylic acids is 4. The average Bonchev–Trinajstić information content (AvgIpc) is 4.08. The van der Waals surface area contributed by atoms with Crippen LogP contribution in [0, 0.1) is 29.4 Å². The summed E-state index contributed by atoms with van der Waals surface area (Å²) in [5.41, 5.74) is 4.76. The van der Waals surface area contributed by atoms with Gasteiger partial charge >= 0.3 is 0 Å². The van der Waals surface area contributed by atoms with E-state index in [9.17, 15) is 19.2 Å². The molecule has 4 amide bonds. The normalized spacial score (nSPS) is 18.9. The van der Waals surface area contributed by atoms with Crippen molar-refractivity contribution >= 4 is 58.0 Å². The first-order valence-electron chi connectivity index (χ1n) is 28.4. The molecule has 2 aromatic carbocycles. The second-order valence-electron chi connectivity index (χ2n) is 24.1. The van der Waals surface area contributed by atoms with Crippen LogP contribution in [0.15, 0.2) is 60.9 Å². The molecule has 0 bridgehead atoms. The highest BCUT2D eigenvalue weighted by Gasteiger charge is 2.44. The number of nitrogens with zero attached hydrogens (tertiary/aromatic N) is 7. The van der Waals surface area contributed by atoms with Crippen molar-refractivity contribution in [3.63, 3.8) is 0 Å². The number of carbonyl (C=O) groups is 4. The number of aromatic nitrogens is 3. The monoisotopic (exact) mass is 1090 g/mol. The van der Waals surface area contributed by atoms with Crippen LogP contribution >= 0.6 is 11.3 Å². The Bertz CT molecular complexity index is 2730. The number of halogens is 2. The number of amides is 4. The molecule has 4 fully saturated rings. The molecule has 0 unspecified atom stereocenters. The molecule has 4 aliphatic heterocycles. The van der Waals surface area contributed by atoms with Gasteiger partial charge in [0.1, 0.15) is 41.7 Å². The van der Waals surface area contributed by atoms with Gasteiger partial charge in [-0.05, 0) is 99.4 Å². The fourth-order valence-electron chi connectivity index (χ4n) is 11.4. The van der Waals surface area contributed by atoms with Crippen LogP contribution in [0.1, 0.15) is 148 Å². The minimum atomic E-state index is -0.763. The number of piperazine rings is 1. The van der Waals surface area contributed by atoms with Gasteiger partial charge in [-0.25, -0.2) is 23.7 Å². The number of hydrogen-bond acceptors (Lipinski definition) is 12. The van der Waals surface area contributed by atoms with Gasteiger partial charge < -0.3 is 36.0 Å². The quantitative estimate of drug-likeness (QED) is 0.0553. The van der Waals surface area contributed by atoms with Crippen molar-refractivity contribution in [1.82, 2.24) is 40.7 Å². The van der Waals surface area contributed by atoms with Crippen LogP contribution in [0.2, 0.25) is 0 Å². The highest BCUT2D eigenvalue weighted by molar-refractivity contribution is 7.13. The molecule has 0 aliphatic carbocycles. The van der Waals surface area contributed by atoms with Crippen molar-refractivity contribution in [1.29, 1.82) is 0 Å². The zero-order chi connectivity index (χ0) is 55.6. The summed E-state index contributed by atoms with van der Waals surface area (Å²) in [6.45, 7) is 21.4. The lowest BCUT2D eigenvalue weighted by Crippen LogP contribution is -2.66. The number of aryl methyl sites for hydroxylation is 1. The first-order chi connectivity index (χ1) is 37.3.